The molecule has 0 saturated carbocycles. The Morgan fingerprint density at radius 2 is 0.520 bits per heavy atom. The zero-order valence-electron chi connectivity index (χ0n) is 49.3. The van der Waals surface area contributed by atoms with Crippen LogP contribution in [0, 0.1) is 0 Å². The van der Waals surface area contributed by atoms with Crippen LogP contribution in [0.3, 0.4) is 0 Å². The van der Waals surface area contributed by atoms with Crippen LogP contribution < -0.4 is 0 Å². The van der Waals surface area contributed by atoms with E-state index in [9.17, 15) is 14.4 Å². The smallest absolute Gasteiger partial charge is 0.306 e. The van der Waals surface area contributed by atoms with Crippen LogP contribution in [0.4, 0.5) is 0 Å². The third-order valence-corrected chi connectivity index (χ3v) is 13.6. The number of carbonyl (C=O) groups is 3. The van der Waals surface area contributed by atoms with E-state index in [1.54, 1.807) is 0 Å². The second kappa shape index (κ2) is 62.9. The highest BCUT2D eigenvalue weighted by Gasteiger charge is 2.19. The monoisotopic (exact) mass is 1040 g/mol. The first-order valence-electron chi connectivity index (χ1n) is 31.7. The third-order valence-electron chi connectivity index (χ3n) is 13.6. The van der Waals surface area contributed by atoms with Gasteiger partial charge in [0.1, 0.15) is 13.2 Å². The third kappa shape index (κ3) is 61.1. The Balaban J connectivity index is 4.38. The van der Waals surface area contributed by atoms with Crippen LogP contribution in [0.25, 0.3) is 0 Å². The summed E-state index contributed by atoms with van der Waals surface area (Å²) in [4.78, 5) is 38.2. The number of esters is 3. The van der Waals surface area contributed by atoms with E-state index in [-0.39, 0.29) is 31.1 Å². The van der Waals surface area contributed by atoms with Crippen molar-refractivity contribution < 1.29 is 28.6 Å². The molecule has 430 valence electrons. The second-order valence-corrected chi connectivity index (χ2v) is 21.0. The first-order chi connectivity index (χ1) is 37.0. The van der Waals surface area contributed by atoms with E-state index in [4.69, 9.17) is 14.2 Å². The highest BCUT2D eigenvalue weighted by molar-refractivity contribution is 5.71. The second-order valence-electron chi connectivity index (χ2n) is 21.0. The molecule has 1 atom stereocenters. The van der Waals surface area contributed by atoms with Gasteiger partial charge in [0.25, 0.3) is 0 Å². The number of unbranched alkanes of at least 4 members (excludes halogenated alkanes) is 30. The Kier molecular flexibility index (Phi) is 59.8. The van der Waals surface area contributed by atoms with Gasteiger partial charge in [0.2, 0.25) is 0 Å². The molecular formula is C69H118O6. The van der Waals surface area contributed by atoms with E-state index in [1.807, 2.05) is 0 Å². The zero-order chi connectivity index (χ0) is 54.3. The topological polar surface area (TPSA) is 78.9 Å². The molecule has 1 unspecified atom stereocenters. The van der Waals surface area contributed by atoms with Crippen molar-refractivity contribution in [1.82, 2.24) is 0 Å². The Bertz CT molecular complexity index is 1480. The van der Waals surface area contributed by atoms with E-state index in [2.05, 4.69) is 118 Å². The summed E-state index contributed by atoms with van der Waals surface area (Å²) in [6.07, 6.45) is 84.1. The van der Waals surface area contributed by atoms with Crippen LogP contribution in [0.5, 0.6) is 0 Å². The van der Waals surface area contributed by atoms with Crippen molar-refractivity contribution in [1.29, 1.82) is 0 Å². The molecule has 0 aliphatic rings. The molecular weight excluding hydrogens is 925 g/mol. The SMILES string of the molecule is CC/C=C\C/C=C\C/C=C\C/C=C\C/C=C\C/C=C\C/C=C\C/C=C\CCCCC(=O)OCC(COC(=O)CCCCCCCCCCCCCC)OC(=O)CCCCCCCCCCCCCCCCCCCC. The molecule has 0 aromatic carbocycles. The van der Waals surface area contributed by atoms with Gasteiger partial charge in [0, 0.05) is 19.3 Å². The first-order valence-corrected chi connectivity index (χ1v) is 31.7. The van der Waals surface area contributed by atoms with Gasteiger partial charge >= 0.3 is 17.9 Å². The van der Waals surface area contributed by atoms with E-state index in [0.29, 0.717) is 19.3 Å². The van der Waals surface area contributed by atoms with Gasteiger partial charge in [-0.3, -0.25) is 14.4 Å². The zero-order valence-corrected chi connectivity index (χ0v) is 49.3. The Hall–Kier alpha value is -3.67. The fourth-order valence-electron chi connectivity index (χ4n) is 8.87. The van der Waals surface area contributed by atoms with Crippen molar-refractivity contribution in [2.24, 2.45) is 0 Å². The molecule has 0 fully saturated rings. The molecule has 0 aromatic rings. The van der Waals surface area contributed by atoms with Crippen LogP contribution in [-0.4, -0.2) is 37.2 Å². The van der Waals surface area contributed by atoms with Crippen molar-refractivity contribution in [2.45, 2.75) is 309 Å². The molecule has 0 heterocycles. The van der Waals surface area contributed by atoms with Gasteiger partial charge in [-0.2, -0.15) is 0 Å². The molecule has 0 N–H and O–H groups in total. The predicted octanol–water partition coefficient (Wildman–Crippen LogP) is 21.7. The van der Waals surface area contributed by atoms with Gasteiger partial charge in [0.05, 0.1) is 0 Å². The number of hydrogen-bond acceptors (Lipinski definition) is 6. The molecule has 0 rings (SSSR count). The minimum absolute atomic E-state index is 0.0874. The quantitative estimate of drug-likeness (QED) is 0.0261. The number of carbonyl (C=O) groups excluding carboxylic acids is 3. The van der Waals surface area contributed by atoms with Gasteiger partial charge < -0.3 is 14.2 Å². The van der Waals surface area contributed by atoms with Gasteiger partial charge in [-0.15, -0.1) is 0 Å². The van der Waals surface area contributed by atoms with Crippen molar-refractivity contribution in [2.75, 3.05) is 13.2 Å². The van der Waals surface area contributed by atoms with E-state index in [0.717, 1.165) is 109 Å². The van der Waals surface area contributed by atoms with Crippen LogP contribution in [0.2, 0.25) is 0 Å². The van der Waals surface area contributed by atoms with E-state index < -0.39 is 6.10 Å². The minimum atomic E-state index is -0.793. The predicted molar refractivity (Wildman–Crippen MR) is 325 cm³/mol. The molecule has 6 nitrogen and oxygen atoms in total. The Morgan fingerprint density at radius 1 is 0.280 bits per heavy atom. The van der Waals surface area contributed by atoms with Crippen LogP contribution in [0.15, 0.2) is 97.2 Å². The molecule has 0 aliphatic carbocycles. The number of rotatable bonds is 57. The largest absolute Gasteiger partial charge is 0.462 e. The van der Waals surface area contributed by atoms with Crippen LogP contribution in [-0.2, 0) is 28.6 Å². The average molecular weight is 1040 g/mol. The van der Waals surface area contributed by atoms with E-state index >= 15 is 0 Å². The summed E-state index contributed by atoms with van der Waals surface area (Å²) in [6, 6.07) is 0. The molecule has 0 amide bonds. The Labute approximate surface area is 464 Å². The number of hydrogen-bond donors (Lipinski definition) is 0. The first kappa shape index (κ1) is 71.3. The van der Waals surface area contributed by atoms with Crippen molar-refractivity contribution in [3.05, 3.63) is 97.2 Å². The van der Waals surface area contributed by atoms with Crippen LogP contribution >= 0.6 is 0 Å². The van der Waals surface area contributed by atoms with Crippen LogP contribution in [0.1, 0.15) is 303 Å². The molecule has 0 spiro atoms. The molecule has 0 aliphatic heterocycles. The lowest BCUT2D eigenvalue weighted by Crippen LogP contribution is -2.30. The lowest BCUT2D eigenvalue weighted by atomic mass is 10.0. The highest BCUT2D eigenvalue weighted by Crippen LogP contribution is 2.17. The molecule has 0 saturated heterocycles. The van der Waals surface area contributed by atoms with Crippen molar-refractivity contribution in [3.63, 3.8) is 0 Å². The fraction of sp³-hybridized carbons (Fsp3) is 0.725. The summed E-state index contributed by atoms with van der Waals surface area (Å²) in [5, 5.41) is 0. The Morgan fingerprint density at radius 3 is 0.813 bits per heavy atom. The normalized spacial score (nSPS) is 12.7. The standard InChI is InChI=1S/C69H118O6/c1-4-7-10-13-16-19-22-25-27-29-31-32-33-34-35-36-37-38-39-41-42-44-47-50-53-56-59-62-68(71)74-65-66(64-73-67(70)61-58-55-52-49-46-24-21-18-15-12-9-6-3)75-69(72)63-60-57-54-51-48-45-43-40-30-28-26-23-20-17-14-11-8-5-2/h7,10,16,19,25,27,31-32,34-35,37-38,41-42,47,50,66H,4-6,8-9,11-15,17-18,20-24,26,28-30,33,36,39-40,43-46,48-49,51-65H2,1-3H3/b10-7-,19-16-,27-25-,32-31-,35-34-,38-37-,42-41-,50-47-. The molecule has 0 radical (unpaired) electrons. The van der Waals surface area contributed by atoms with Gasteiger partial charge in [-0.05, 0) is 83.5 Å². The highest BCUT2D eigenvalue weighted by atomic mass is 16.6. The summed E-state index contributed by atoms with van der Waals surface area (Å²) >= 11 is 0. The summed E-state index contributed by atoms with van der Waals surface area (Å²) in [5.74, 6) is -0.921. The summed E-state index contributed by atoms with van der Waals surface area (Å²) in [7, 11) is 0. The lowest BCUT2D eigenvalue weighted by Gasteiger charge is -2.18. The van der Waals surface area contributed by atoms with Crippen molar-refractivity contribution >= 4 is 17.9 Å². The van der Waals surface area contributed by atoms with E-state index in [1.165, 1.54) is 154 Å². The van der Waals surface area contributed by atoms with Crippen molar-refractivity contribution in [3.8, 4) is 0 Å². The molecule has 0 aromatic heterocycles. The van der Waals surface area contributed by atoms with Gasteiger partial charge in [0.15, 0.2) is 6.10 Å². The fourth-order valence-corrected chi connectivity index (χ4v) is 8.87. The summed E-state index contributed by atoms with van der Waals surface area (Å²) < 4.78 is 16.9. The average Bonchev–Trinajstić information content (AvgIpc) is 3.41. The minimum Gasteiger partial charge on any atom is -0.462 e. The molecule has 75 heavy (non-hydrogen) atoms. The summed E-state index contributed by atoms with van der Waals surface area (Å²) in [6.45, 7) is 6.52. The molecule has 6 heteroatoms. The number of ether oxygens (including phenoxy) is 3. The number of allylic oxidation sites excluding steroid dienone is 16. The van der Waals surface area contributed by atoms with Gasteiger partial charge in [-0.25, -0.2) is 0 Å². The maximum atomic E-state index is 12.9. The lowest BCUT2D eigenvalue weighted by molar-refractivity contribution is -0.167. The van der Waals surface area contributed by atoms with Gasteiger partial charge in [-0.1, -0.05) is 298 Å². The maximum absolute atomic E-state index is 12.9. The molecule has 0 bridgehead atoms. The maximum Gasteiger partial charge on any atom is 0.306 e. The summed E-state index contributed by atoms with van der Waals surface area (Å²) in [5.41, 5.74) is 0.